The first-order valence-electron chi connectivity index (χ1n) is 9.46. The first-order valence-corrected chi connectivity index (χ1v) is 9.46. The third-order valence-corrected chi connectivity index (χ3v) is 4.94. The fourth-order valence-corrected chi connectivity index (χ4v) is 3.32. The third kappa shape index (κ3) is 4.11. The van der Waals surface area contributed by atoms with Gasteiger partial charge in [0.25, 0.3) is 11.5 Å². The summed E-state index contributed by atoms with van der Waals surface area (Å²) in [6.07, 6.45) is -3.24. The number of carbonyl (C=O) groups excluding carboxylic acids is 1. The van der Waals surface area contributed by atoms with Crippen LogP contribution in [0.25, 0.3) is 5.65 Å². The normalized spacial score (nSPS) is 11.7. The van der Waals surface area contributed by atoms with Crippen molar-refractivity contribution >= 4 is 17.2 Å². The number of amides is 1. The van der Waals surface area contributed by atoms with Gasteiger partial charge in [-0.1, -0.05) is 18.2 Å². The molecule has 0 aliphatic heterocycles. The minimum absolute atomic E-state index is 0.0549. The van der Waals surface area contributed by atoms with Crippen LogP contribution in [0.3, 0.4) is 0 Å². The minimum Gasteiger partial charge on any atom is -0.322 e. The summed E-state index contributed by atoms with van der Waals surface area (Å²) in [6, 6.07) is 9.89. The molecule has 0 radical (unpaired) electrons. The van der Waals surface area contributed by atoms with Crippen molar-refractivity contribution in [3.63, 3.8) is 0 Å². The highest BCUT2D eigenvalue weighted by Gasteiger charge is 2.30. The number of carbonyl (C=O) groups is 1. The maximum atomic E-state index is 13.0. The van der Waals surface area contributed by atoms with Crippen molar-refractivity contribution in [3.05, 3.63) is 98.8 Å². The molecule has 164 valence electrons. The molecule has 0 bridgehead atoms. The lowest BCUT2D eigenvalue weighted by atomic mass is 10.0. The highest BCUT2D eigenvalue weighted by atomic mass is 19.4. The lowest BCUT2D eigenvalue weighted by Crippen LogP contribution is -2.23. The fraction of sp³-hybridized carbons (Fsp3) is 0.136. The summed E-state index contributed by atoms with van der Waals surface area (Å²) < 4.78 is 53.1. The van der Waals surface area contributed by atoms with E-state index in [0.29, 0.717) is 16.9 Å². The quantitative estimate of drug-likeness (QED) is 0.460. The Balaban J connectivity index is 1.67. The molecule has 4 aromatic rings. The summed E-state index contributed by atoms with van der Waals surface area (Å²) in [5, 5.41) is 5.25. The molecular formula is C22H16F4N4O2. The average Bonchev–Trinajstić information content (AvgIpc) is 3.16. The number of aromatic nitrogens is 3. The van der Waals surface area contributed by atoms with Crippen molar-refractivity contribution in [1.29, 1.82) is 0 Å². The number of halogens is 4. The fourth-order valence-electron chi connectivity index (χ4n) is 3.32. The molecule has 0 atom stereocenters. The number of fused-ring (bicyclic) bond motifs is 1. The Bertz CT molecular complexity index is 1370. The van der Waals surface area contributed by atoms with Gasteiger partial charge in [0.2, 0.25) is 0 Å². The summed E-state index contributed by atoms with van der Waals surface area (Å²) in [4.78, 5) is 29.9. The van der Waals surface area contributed by atoms with E-state index < -0.39 is 29.0 Å². The zero-order valence-corrected chi connectivity index (χ0v) is 16.6. The smallest absolute Gasteiger partial charge is 0.322 e. The Kier molecular flexibility index (Phi) is 5.29. The number of H-pyrrole nitrogens is 1. The number of anilines is 1. The van der Waals surface area contributed by atoms with Gasteiger partial charge in [0, 0.05) is 29.6 Å². The zero-order valence-electron chi connectivity index (χ0n) is 16.6. The molecule has 2 heterocycles. The van der Waals surface area contributed by atoms with Crippen LogP contribution in [-0.4, -0.2) is 20.5 Å². The van der Waals surface area contributed by atoms with E-state index in [9.17, 15) is 27.2 Å². The van der Waals surface area contributed by atoms with Crippen molar-refractivity contribution in [1.82, 2.24) is 14.6 Å². The lowest BCUT2D eigenvalue weighted by Gasteiger charge is -2.10. The van der Waals surface area contributed by atoms with Crippen LogP contribution in [0.5, 0.6) is 0 Å². The molecule has 1 amide bonds. The molecule has 0 saturated heterocycles. The van der Waals surface area contributed by atoms with Gasteiger partial charge in [-0.15, -0.1) is 0 Å². The van der Waals surface area contributed by atoms with E-state index in [1.165, 1.54) is 42.6 Å². The van der Waals surface area contributed by atoms with Crippen molar-refractivity contribution in [2.24, 2.45) is 0 Å². The number of aryl methyl sites for hydroxylation is 1. The van der Waals surface area contributed by atoms with Crippen LogP contribution in [0.1, 0.15) is 32.7 Å². The molecule has 0 aliphatic carbocycles. The summed E-state index contributed by atoms with van der Waals surface area (Å²) in [7, 11) is 0. The van der Waals surface area contributed by atoms with E-state index in [4.69, 9.17) is 0 Å². The van der Waals surface area contributed by atoms with E-state index in [-0.39, 0.29) is 23.2 Å². The molecule has 0 fully saturated rings. The molecular weight excluding hydrogens is 428 g/mol. The number of alkyl halides is 3. The summed E-state index contributed by atoms with van der Waals surface area (Å²) in [5.41, 5.74) is -0.0113. The van der Waals surface area contributed by atoms with Gasteiger partial charge in [-0.05, 0) is 42.8 Å². The molecule has 32 heavy (non-hydrogen) atoms. The second kappa shape index (κ2) is 7.95. The van der Waals surface area contributed by atoms with Crippen LogP contribution in [0.2, 0.25) is 0 Å². The largest absolute Gasteiger partial charge is 0.416 e. The molecule has 6 nitrogen and oxygen atoms in total. The molecule has 2 aromatic heterocycles. The van der Waals surface area contributed by atoms with Crippen molar-refractivity contribution in [2.75, 3.05) is 5.32 Å². The Morgan fingerprint density at radius 1 is 1.16 bits per heavy atom. The van der Waals surface area contributed by atoms with E-state index in [0.717, 1.165) is 16.6 Å². The average molecular weight is 444 g/mol. The Morgan fingerprint density at radius 3 is 2.56 bits per heavy atom. The molecule has 0 spiro atoms. The molecule has 2 N–H and O–H groups in total. The van der Waals surface area contributed by atoms with E-state index in [1.807, 2.05) is 0 Å². The number of rotatable bonds is 4. The Hall–Kier alpha value is -3.95. The first-order chi connectivity index (χ1) is 15.1. The third-order valence-electron chi connectivity index (χ3n) is 4.94. The van der Waals surface area contributed by atoms with Gasteiger partial charge in [-0.25, -0.2) is 13.9 Å². The highest BCUT2D eigenvalue weighted by Crippen LogP contribution is 2.30. The van der Waals surface area contributed by atoms with Crippen LogP contribution < -0.4 is 10.9 Å². The summed E-state index contributed by atoms with van der Waals surface area (Å²) in [6.45, 7) is 1.55. The maximum absolute atomic E-state index is 13.0. The van der Waals surface area contributed by atoms with Crippen molar-refractivity contribution in [3.8, 4) is 0 Å². The molecule has 0 unspecified atom stereocenters. The zero-order chi connectivity index (χ0) is 23.0. The van der Waals surface area contributed by atoms with Gasteiger partial charge in [-0.2, -0.15) is 13.2 Å². The molecule has 2 aromatic carbocycles. The van der Waals surface area contributed by atoms with Crippen LogP contribution in [0.15, 0.2) is 59.5 Å². The number of nitrogens with zero attached hydrogens (tertiary/aromatic N) is 2. The SMILES string of the molecule is Cc1nc2c(C(=O)Nc3ccc(F)cc3)c[nH]n2c(=O)c1Cc1cccc(C(F)(F)F)c1. The number of benzene rings is 2. The predicted octanol–water partition coefficient (Wildman–Crippen LogP) is 4.33. The van der Waals surface area contributed by atoms with E-state index in [2.05, 4.69) is 15.4 Å². The number of nitrogens with one attached hydrogen (secondary N) is 2. The predicted molar refractivity (Wildman–Crippen MR) is 109 cm³/mol. The van der Waals surface area contributed by atoms with Gasteiger partial charge < -0.3 is 5.32 Å². The molecule has 0 saturated carbocycles. The van der Waals surface area contributed by atoms with Gasteiger partial charge in [0.15, 0.2) is 5.65 Å². The van der Waals surface area contributed by atoms with Gasteiger partial charge in [-0.3, -0.25) is 14.7 Å². The van der Waals surface area contributed by atoms with Gasteiger partial charge in [0.05, 0.1) is 5.56 Å². The number of hydrogen-bond acceptors (Lipinski definition) is 3. The minimum atomic E-state index is -4.49. The topological polar surface area (TPSA) is 79.3 Å². The molecule has 0 aliphatic rings. The number of aromatic amines is 1. The highest BCUT2D eigenvalue weighted by molar-refractivity contribution is 6.08. The Labute approximate surface area is 178 Å². The van der Waals surface area contributed by atoms with Crippen molar-refractivity contribution in [2.45, 2.75) is 19.5 Å². The first kappa shape index (κ1) is 21.3. The lowest BCUT2D eigenvalue weighted by molar-refractivity contribution is -0.137. The second-order valence-corrected chi connectivity index (χ2v) is 7.16. The van der Waals surface area contributed by atoms with Crippen molar-refractivity contribution < 1.29 is 22.4 Å². The second-order valence-electron chi connectivity index (χ2n) is 7.16. The number of hydrogen-bond donors (Lipinski definition) is 2. The monoisotopic (exact) mass is 444 g/mol. The van der Waals surface area contributed by atoms with Gasteiger partial charge in [0.1, 0.15) is 11.4 Å². The van der Waals surface area contributed by atoms with E-state index >= 15 is 0 Å². The molecule has 10 heteroatoms. The molecule has 4 rings (SSSR count). The van der Waals surface area contributed by atoms with Crippen LogP contribution >= 0.6 is 0 Å². The van der Waals surface area contributed by atoms with Crippen LogP contribution in [0, 0.1) is 12.7 Å². The summed E-state index contributed by atoms with van der Waals surface area (Å²) >= 11 is 0. The van der Waals surface area contributed by atoms with Crippen LogP contribution in [0.4, 0.5) is 23.2 Å². The standard InChI is InChI=1S/C22H16F4N4O2/c1-12-17(10-13-3-2-4-14(9-13)22(24,25)26)21(32)30-19(28-12)18(11-27-30)20(31)29-16-7-5-15(23)6-8-16/h2-9,11,27H,10H2,1H3,(H,29,31). The maximum Gasteiger partial charge on any atom is 0.416 e. The van der Waals surface area contributed by atoms with E-state index in [1.54, 1.807) is 6.92 Å². The van der Waals surface area contributed by atoms with Crippen LogP contribution in [-0.2, 0) is 12.6 Å². The Morgan fingerprint density at radius 2 is 1.88 bits per heavy atom. The van der Waals surface area contributed by atoms with Gasteiger partial charge >= 0.3 is 6.18 Å². The summed E-state index contributed by atoms with van der Waals surface area (Å²) in [5.74, 6) is -1.01.